The van der Waals surface area contributed by atoms with E-state index in [1.165, 1.54) is 14.0 Å². The van der Waals surface area contributed by atoms with Gasteiger partial charge in [0.05, 0.1) is 25.8 Å². The first-order valence-electron chi connectivity index (χ1n) is 14.0. The normalized spacial score (nSPS) is 12.9. The van der Waals surface area contributed by atoms with Gasteiger partial charge in [0.25, 0.3) is 0 Å². The predicted molar refractivity (Wildman–Crippen MR) is 169 cm³/mol. The molecule has 0 bridgehead atoms. The fourth-order valence-electron chi connectivity index (χ4n) is 4.84. The number of aromatic nitrogens is 4. The maximum atomic E-state index is 12.6. The zero-order chi connectivity index (χ0) is 30.5. The maximum absolute atomic E-state index is 12.6. The number of methoxy groups -OCH3 is 1. The van der Waals surface area contributed by atoms with Crippen LogP contribution in [0.25, 0.3) is 33.4 Å². The lowest BCUT2D eigenvalue weighted by molar-refractivity contribution is -0.114. The van der Waals surface area contributed by atoms with Crippen LogP contribution in [0.1, 0.15) is 6.92 Å². The van der Waals surface area contributed by atoms with Crippen molar-refractivity contribution in [3.63, 3.8) is 0 Å². The standard InChI is InChI=1S/C32H30N8O4/c1-20(41)35-24-8-10-26(11-9-24)37-31(42)36-25-6-3-21(4-7-25)29-38-28-17-22(23-18-33-32(43-2)34-19-23)5-12-27(28)30(39-29)40-13-15-44-16-14-40/h3-12,17-19H,13-16H2,1-2H3,(H,35,41)(H2,36,37,42). The Bertz CT molecular complexity index is 1790. The van der Waals surface area contributed by atoms with E-state index < -0.39 is 6.03 Å². The molecule has 3 amide bonds. The van der Waals surface area contributed by atoms with Gasteiger partial charge >= 0.3 is 12.0 Å². The van der Waals surface area contributed by atoms with Crippen LogP contribution in [0.3, 0.4) is 0 Å². The zero-order valence-electron chi connectivity index (χ0n) is 24.2. The Labute approximate surface area is 253 Å². The zero-order valence-corrected chi connectivity index (χ0v) is 24.2. The van der Waals surface area contributed by atoms with Crippen molar-refractivity contribution in [3.05, 3.63) is 79.1 Å². The van der Waals surface area contributed by atoms with Crippen molar-refractivity contribution in [2.45, 2.75) is 6.92 Å². The summed E-state index contributed by atoms with van der Waals surface area (Å²) < 4.78 is 10.7. The molecular weight excluding hydrogens is 560 g/mol. The number of hydrogen-bond acceptors (Lipinski definition) is 9. The number of carbonyl (C=O) groups is 2. The minimum Gasteiger partial charge on any atom is -0.467 e. The number of amides is 3. The van der Waals surface area contributed by atoms with Crippen LogP contribution in [0.15, 0.2) is 79.1 Å². The second kappa shape index (κ2) is 12.7. The number of nitrogens with one attached hydrogen (secondary N) is 3. The molecule has 2 aromatic heterocycles. The first kappa shape index (κ1) is 28.5. The highest BCUT2D eigenvalue weighted by Crippen LogP contribution is 2.32. The molecule has 0 aliphatic carbocycles. The van der Waals surface area contributed by atoms with Gasteiger partial charge in [0.1, 0.15) is 5.82 Å². The van der Waals surface area contributed by atoms with Crippen molar-refractivity contribution in [2.75, 3.05) is 54.3 Å². The Morgan fingerprint density at radius 2 is 1.36 bits per heavy atom. The van der Waals surface area contributed by atoms with Gasteiger partial charge in [-0.1, -0.05) is 6.07 Å². The Hall–Kier alpha value is -5.62. The highest BCUT2D eigenvalue weighted by molar-refractivity contribution is 6.00. The van der Waals surface area contributed by atoms with E-state index in [1.54, 1.807) is 36.7 Å². The molecule has 1 aliphatic rings. The number of urea groups is 1. The molecule has 3 heterocycles. The third kappa shape index (κ3) is 6.55. The molecule has 0 atom stereocenters. The summed E-state index contributed by atoms with van der Waals surface area (Å²) in [6.07, 6.45) is 3.45. The minimum absolute atomic E-state index is 0.160. The average Bonchev–Trinajstić information content (AvgIpc) is 3.05. The summed E-state index contributed by atoms with van der Waals surface area (Å²) in [5.74, 6) is 1.25. The lowest BCUT2D eigenvalue weighted by Gasteiger charge is -2.29. The largest absolute Gasteiger partial charge is 0.467 e. The van der Waals surface area contributed by atoms with Crippen molar-refractivity contribution in [1.82, 2.24) is 19.9 Å². The van der Waals surface area contributed by atoms with Crippen molar-refractivity contribution < 1.29 is 19.1 Å². The molecule has 12 nitrogen and oxygen atoms in total. The number of anilines is 4. The Morgan fingerprint density at radius 3 is 1.98 bits per heavy atom. The summed E-state index contributed by atoms with van der Waals surface area (Å²) in [6, 6.07) is 20.2. The lowest BCUT2D eigenvalue weighted by atomic mass is 10.1. The predicted octanol–water partition coefficient (Wildman–Crippen LogP) is 5.20. The Balaban J connectivity index is 1.24. The van der Waals surface area contributed by atoms with E-state index >= 15 is 0 Å². The van der Waals surface area contributed by atoms with Crippen molar-refractivity contribution in [1.29, 1.82) is 0 Å². The van der Waals surface area contributed by atoms with Gasteiger partial charge in [0.2, 0.25) is 5.91 Å². The summed E-state index contributed by atoms with van der Waals surface area (Å²) in [5.41, 5.74) is 5.21. The fourth-order valence-corrected chi connectivity index (χ4v) is 4.84. The smallest absolute Gasteiger partial charge is 0.323 e. The second-order valence-electron chi connectivity index (χ2n) is 10.1. The van der Waals surface area contributed by atoms with Crippen LogP contribution in [0.5, 0.6) is 6.01 Å². The number of rotatable bonds is 7. The number of carbonyl (C=O) groups excluding carboxylic acids is 2. The second-order valence-corrected chi connectivity index (χ2v) is 10.1. The van der Waals surface area contributed by atoms with Gasteiger partial charge in [0.15, 0.2) is 5.82 Å². The molecule has 1 aliphatic heterocycles. The van der Waals surface area contributed by atoms with Crippen LogP contribution in [0.2, 0.25) is 0 Å². The Kier molecular flexibility index (Phi) is 8.23. The topological polar surface area (TPSA) is 143 Å². The first-order valence-corrected chi connectivity index (χ1v) is 14.0. The molecular formula is C32H30N8O4. The average molecular weight is 591 g/mol. The number of nitrogens with zero attached hydrogens (tertiary/aromatic N) is 5. The molecule has 222 valence electrons. The highest BCUT2D eigenvalue weighted by atomic mass is 16.5. The molecule has 3 aromatic carbocycles. The molecule has 0 unspecified atom stereocenters. The van der Waals surface area contributed by atoms with E-state index in [-0.39, 0.29) is 5.91 Å². The number of hydrogen-bond donors (Lipinski definition) is 3. The monoisotopic (exact) mass is 590 g/mol. The fraction of sp³-hybridized carbons (Fsp3) is 0.188. The molecule has 0 saturated carbocycles. The van der Waals surface area contributed by atoms with Gasteiger partial charge in [-0.05, 0) is 66.2 Å². The number of benzene rings is 3. The summed E-state index contributed by atoms with van der Waals surface area (Å²) in [7, 11) is 1.53. The van der Waals surface area contributed by atoms with E-state index in [4.69, 9.17) is 19.4 Å². The first-order chi connectivity index (χ1) is 21.4. The van der Waals surface area contributed by atoms with Crippen LogP contribution in [0.4, 0.5) is 27.7 Å². The minimum atomic E-state index is -0.392. The van der Waals surface area contributed by atoms with Crippen molar-refractivity contribution in [3.8, 4) is 28.5 Å². The lowest BCUT2D eigenvalue weighted by Crippen LogP contribution is -2.37. The van der Waals surface area contributed by atoms with Crippen LogP contribution in [-0.2, 0) is 9.53 Å². The van der Waals surface area contributed by atoms with E-state index in [0.29, 0.717) is 42.1 Å². The van der Waals surface area contributed by atoms with Crippen LogP contribution in [-0.4, -0.2) is 65.3 Å². The third-order valence-corrected chi connectivity index (χ3v) is 7.00. The molecule has 1 saturated heterocycles. The molecule has 3 N–H and O–H groups in total. The van der Waals surface area contributed by atoms with E-state index in [0.717, 1.165) is 46.5 Å². The van der Waals surface area contributed by atoms with Crippen molar-refractivity contribution >= 4 is 45.7 Å². The van der Waals surface area contributed by atoms with Gasteiger partial charge in [-0.25, -0.2) is 24.7 Å². The van der Waals surface area contributed by atoms with Gasteiger partial charge < -0.3 is 30.3 Å². The quantitative estimate of drug-likeness (QED) is 0.233. The van der Waals surface area contributed by atoms with Gasteiger partial charge in [-0.15, -0.1) is 0 Å². The molecule has 0 radical (unpaired) electrons. The van der Waals surface area contributed by atoms with E-state index in [9.17, 15) is 9.59 Å². The number of ether oxygens (including phenoxy) is 2. The molecule has 6 rings (SSSR count). The molecule has 0 spiro atoms. The Morgan fingerprint density at radius 1 is 0.773 bits per heavy atom. The van der Waals surface area contributed by atoms with Crippen LogP contribution < -0.4 is 25.6 Å². The SMILES string of the molecule is COc1ncc(-c2ccc3c(N4CCOCC4)nc(-c4ccc(NC(=O)Nc5ccc(NC(C)=O)cc5)cc4)nc3c2)cn1. The summed E-state index contributed by atoms with van der Waals surface area (Å²) in [6.45, 7) is 4.16. The number of morpholine rings is 1. The van der Waals surface area contributed by atoms with Crippen LogP contribution >= 0.6 is 0 Å². The van der Waals surface area contributed by atoms with Gasteiger partial charge in [-0.2, -0.15) is 0 Å². The maximum Gasteiger partial charge on any atom is 0.323 e. The summed E-state index contributed by atoms with van der Waals surface area (Å²) in [5, 5.41) is 9.26. The third-order valence-electron chi connectivity index (χ3n) is 7.00. The summed E-state index contributed by atoms with van der Waals surface area (Å²) >= 11 is 0. The molecule has 1 fully saturated rings. The molecule has 44 heavy (non-hydrogen) atoms. The van der Waals surface area contributed by atoms with Gasteiger partial charge in [-0.3, -0.25) is 4.79 Å². The molecule has 12 heteroatoms. The molecule has 5 aromatic rings. The van der Waals surface area contributed by atoms with Crippen LogP contribution in [0, 0.1) is 0 Å². The van der Waals surface area contributed by atoms with Crippen molar-refractivity contribution in [2.24, 2.45) is 0 Å². The van der Waals surface area contributed by atoms with E-state index in [2.05, 4.69) is 30.8 Å². The summed E-state index contributed by atoms with van der Waals surface area (Å²) in [4.78, 5) is 44.4. The van der Waals surface area contributed by atoms with E-state index in [1.807, 2.05) is 42.5 Å². The van der Waals surface area contributed by atoms with Gasteiger partial charge in [0, 0.05) is 66.0 Å². The number of fused-ring (bicyclic) bond motifs is 1. The highest BCUT2D eigenvalue weighted by Gasteiger charge is 2.19.